The van der Waals surface area contributed by atoms with Crippen molar-refractivity contribution in [3.8, 4) is 5.75 Å². The third-order valence-corrected chi connectivity index (χ3v) is 8.40. The summed E-state index contributed by atoms with van der Waals surface area (Å²) >= 11 is 0. The van der Waals surface area contributed by atoms with Crippen molar-refractivity contribution >= 4 is 22.4 Å². The molecule has 5 nitrogen and oxygen atoms in total. The molecule has 0 aliphatic heterocycles. The third-order valence-electron chi connectivity index (χ3n) is 6.37. The number of fused-ring (bicyclic) bond motifs is 1. The van der Waals surface area contributed by atoms with Gasteiger partial charge in [0.2, 0.25) is 10.0 Å². The van der Waals surface area contributed by atoms with Crippen molar-refractivity contribution in [1.82, 2.24) is 4.31 Å². The fourth-order valence-corrected chi connectivity index (χ4v) is 5.80. The van der Waals surface area contributed by atoms with Crippen LogP contribution < -0.4 is 10.5 Å². The molecule has 2 N–H and O–H groups in total. The van der Waals surface area contributed by atoms with E-state index in [1.807, 2.05) is 12.1 Å². The molecule has 7 heteroatoms. The van der Waals surface area contributed by atoms with E-state index in [1.54, 1.807) is 7.05 Å². The maximum atomic E-state index is 12.3. The van der Waals surface area contributed by atoms with Crippen LogP contribution in [0.4, 0.5) is 0 Å². The molecular formula is C24H33ClN2O3S. The van der Waals surface area contributed by atoms with Gasteiger partial charge in [-0.3, -0.25) is 0 Å². The molecule has 2 aromatic rings. The van der Waals surface area contributed by atoms with Crippen LogP contribution in [0.15, 0.2) is 48.5 Å². The van der Waals surface area contributed by atoms with Crippen molar-refractivity contribution < 1.29 is 13.2 Å². The highest BCUT2D eigenvalue weighted by Gasteiger charge is 2.30. The molecule has 2 aliphatic rings. The van der Waals surface area contributed by atoms with Crippen molar-refractivity contribution in [3.63, 3.8) is 0 Å². The second-order valence-electron chi connectivity index (χ2n) is 8.75. The van der Waals surface area contributed by atoms with E-state index >= 15 is 0 Å². The molecule has 2 aliphatic carbocycles. The van der Waals surface area contributed by atoms with Crippen LogP contribution in [0.3, 0.4) is 0 Å². The lowest BCUT2D eigenvalue weighted by Crippen LogP contribution is -2.34. The van der Waals surface area contributed by atoms with Gasteiger partial charge in [0.25, 0.3) is 0 Å². The average molecular weight is 465 g/mol. The van der Waals surface area contributed by atoms with Crippen LogP contribution in [0, 0.1) is 5.92 Å². The van der Waals surface area contributed by atoms with Gasteiger partial charge in [0.1, 0.15) is 12.4 Å². The van der Waals surface area contributed by atoms with Crippen LogP contribution in [-0.4, -0.2) is 44.7 Å². The zero-order chi connectivity index (χ0) is 21.1. The lowest BCUT2D eigenvalue weighted by Gasteiger charge is -2.32. The Bertz CT molecular complexity index is 964. The minimum atomic E-state index is -3.18. The fraction of sp³-hybridized carbons (Fsp3) is 0.500. The normalized spacial score (nSPS) is 20.7. The quantitative estimate of drug-likeness (QED) is 0.613. The second-order valence-corrected chi connectivity index (χ2v) is 10.9. The van der Waals surface area contributed by atoms with Crippen molar-refractivity contribution in [2.75, 3.05) is 26.0 Å². The van der Waals surface area contributed by atoms with Gasteiger partial charge in [0, 0.05) is 25.6 Å². The molecule has 1 saturated carbocycles. The number of sulfonamides is 1. The van der Waals surface area contributed by atoms with Gasteiger partial charge < -0.3 is 10.5 Å². The number of hydrogen-bond acceptors (Lipinski definition) is 4. The first-order valence-corrected chi connectivity index (χ1v) is 12.5. The van der Waals surface area contributed by atoms with Crippen LogP contribution in [-0.2, 0) is 22.9 Å². The molecule has 2 aromatic carbocycles. The van der Waals surface area contributed by atoms with Crippen LogP contribution in [0.5, 0.6) is 5.75 Å². The highest BCUT2D eigenvalue weighted by atomic mass is 35.5. The highest BCUT2D eigenvalue weighted by Crippen LogP contribution is 2.36. The number of halogens is 1. The molecule has 0 saturated heterocycles. The minimum absolute atomic E-state index is 0. The number of aryl methyl sites for hydroxylation is 1. The first kappa shape index (κ1) is 24.1. The summed E-state index contributed by atoms with van der Waals surface area (Å²) in [6, 6.07) is 16.9. The Morgan fingerprint density at radius 1 is 1.10 bits per heavy atom. The number of rotatable bonds is 9. The zero-order valence-electron chi connectivity index (χ0n) is 18.1. The monoisotopic (exact) mass is 464 g/mol. The molecule has 0 aromatic heterocycles. The largest absolute Gasteiger partial charge is 0.492 e. The molecular weight excluding hydrogens is 432 g/mol. The molecule has 2 atom stereocenters. The summed E-state index contributed by atoms with van der Waals surface area (Å²) in [4.78, 5) is 0. The summed E-state index contributed by atoms with van der Waals surface area (Å²) in [5.74, 6) is 1.67. The van der Waals surface area contributed by atoms with Crippen molar-refractivity contribution in [3.05, 3.63) is 65.2 Å². The first-order valence-electron chi connectivity index (χ1n) is 10.9. The molecule has 4 rings (SSSR count). The molecule has 0 bridgehead atoms. The van der Waals surface area contributed by atoms with E-state index < -0.39 is 10.0 Å². The molecule has 1 fully saturated rings. The topological polar surface area (TPSA) is 72.6 Å². The van der Waals surface area contributed by atoms with Crippen LogP contribution in [0.25, 0.3) is 0 Å². The Morgan fingerprint density at radius 2 is 1.84 bits per heavy atom. The predicted octanol–water partition coefficient (Wildman–Crippen LogP) is 3.76. The standard InChI is InChI=1S/C24H32N2O3S.ClH/c1-26(30(27,28)17-19-7-8-19)13-14-29-21-11-9-20-10-12-24(25)23(22(20)16-21)15-18-5-3-2-4-6-18;/h2-6,9,11,16,19,23-24H,7-8,10,12-15,17,25H2,1H3;1H. The number of hydrogen-bond donors (Lipinski definition) is 1. The number of likely N-dealkylation sites (N-methyl/N-ethyl adjacent to an activating group) is 1. The smallest absolute Gasteiger partial charge is 0.214 e. The van der Waals surface area contributed by atoms with Crippen LogP contribution >= 0.6 is 12.4 Å². The maximum absolute atomic E-state index is 12.3. The van der Waals surface area contributed by atoms with Gasteiger partial charge >= 0.3 is 0 Å². The van der Waals surface area contributed by atoms with Gasteiger partial charge in [-0.2, -0.15) is 0 Å². The number of ether oxygens (including phenoxy) is 1. The van der Waals surface area contributed by atoms with Crippen molar-refractivity contribution in [1.29, 1.82) is 0 Å². The summed E-state index contributed by atoms with van der Waals surface area (Å²) in [5.41, 5.74) is 10.4. The van der Waals surface area contributed by atoms with Crippen molar-refractivity contribution in [2.24, 2.45) is 11.7 Å². The lowest BCUT2D eigenvalue weighted by molar-refractivity contribution is 0.286. The molecule has 170 valence electrons. The Labute approximate surface area is 192 Å². The Balaban J connectivity index is 0.00000272. The minimum Gasteiger partial charge on any atom is -0.492 e. The van der Waals surface area contributed by atoms with E-state index in [1.165, 1.54) is 21.0 Å². The Kier molecular flexibility index (Phi) is 8.03. The Morgan fingerprint density at radius 3 is 2.55 bits per heavy atom. The summed E-state index contributed by atoms with van der Waals surface area (Å²) in [6.07, 6.45) is 4.97. The second kappa shape index (κ2) is 10.3. The highest BCUT2D eigenvalue weighted by molar-refractivity contribution is 7.89. The first-order chi connectivity index (χ1) is 14.4. The van der Waals surface area contributed by atoms with Gasteiger partial charge in [0.05, 0.1) is 5.75 Å². The van der Waals surface area contributed by atoms with E-state index in [0.29, 0.717) is 19.1 Å². The molecule has 2 unspecified atom stereocenters. The van der Waals surface area contributed by atoms with Gasteiger partial charge in [-0.05, 0) is 66.8 Å². The van der Waals surface area contributed by atoms with Crippen LogP contribution in [0.1, 0.15) is 41.9 Å². The molecule has 0 amide bonds. The maximum Gasteiger partial charge on any atom is 0.214 e. The summed E-state index contributed by atoms with van der Waals surface area (Å²) < 4.78 is 32.0. The average Bonchev–Trinajstić information content (AvgIpc) is 3.54. The molecule has 0 heterocycles. The Hall–Kier alpha value is -1.60. The van der Waals surface area contributed by atoms with E-state index in [-0.39, 0.29) is 30.1 Å². The van der Waals surface area contributed by atoms with E-state index in [2.05, 4.69) is 36.4 Å². The summed E-state index contributed by atoms with van der Waals surface area (Å²) in [7, 11) is -1.54. The van der Waals surface area contributed by atoms with Crippen LogP contribution in [0.2, 0.25) is 0 Å². The lowest BCUT2D eigenvalue weighted by atomic mass is 9.76. The SMILES string of the molecule is CN(CCOc1ccc2c(c1)C(Cc1ccccc1)C(N)CC2)S(=O)(=O)CC1CC1.Cl. The van der Waals surface area contributed by atoms with Gasteiger partial charge in [-0.15, -0.1) is 12.4 Å². The zero-order valence-corrected chi connectivity index (χ0v) is 19.7. The molecule has 31 heavy (non-hydrogen) atoms. The molecule has 0 radical (unpaired) electrons. The third kappa shape index (κ3) is 6.22. The summed E-state index contributed by atoms with van der Waals surface area (Å²) in [5, 5.41) is 0. The number of nitrogens with two attached hydrogens (primary N) is 1. The summed E-state index contributed by atoms with van der Waals surface area (Å²) in [6.45, 7) is 0.702. The number of benzene rings is 2. The predicted molar refractivity (Wildman–Crippen MR) is 128 cm³/mol. The fourth-order valence-electron chi connectivity index (χ4n) is 4.26. The van der Waals surface area contributed by atoms with Gasteiger partial charge in [-0.25, -0.2) is 12.7 Å². The van der Waals surface area contributed by atoms with E-state index in [9.17, 15) is 8.42 Å². The number of nitrogens with zero attached hydrogens (tertiary/aromatic N) is 1. The van der Waals surface area contributed by atoms with Gasteiger partial charge in [0.15, 0.2) is 0 Å². The van der Waals surface area contributed by atoms with E-state index in [0.717, 1.165) is 37.9 Å². The molecule has 0 spiro atoms. The van der Waals surface area contributed by atoms with E-state index in [4.69, 9.17) is 10.5 Å². The van der Waals surface area contributed by atoms with Crippen molar-refractivity contribution in [2.45, 2.75) is 44.1 Å². The van der Waals surface area contributed by atoms with Gasteiger partial charge in [-0.1, -0.05) is 36.4 Å².